The van der Waals surface area contributed by atoms with Gasteiger partial charge in [-0.25, -0.2) is 4.79 Å². The Morgan fingerprint density at radius 1 is 1.41 bits per heavy atom. The fourth-order valence-corrected chi connectivity index (χ4v) is 1.80. The van der Waals surface area contributed by atoms with E-state index in [1.54, 1.807) is 6.92 Å². The first-order valence-electron chi connectivity index (χ1n) is 6.86. The molecular formula is C13H17N5O4. The molecule has 2 aromatic rings. The summed E-state index contributed by atoms with van der Waals surface area (Å²) in [4.78, 5) is 44.9. The fourth-order valence-electron chi connectivity index (χ4n) is 1.80. The number of aromatic nitrogens is 4. The van der Waals surface area contributed by atoms with Gasteiger partial charge in [-0.15, -0.1) is 0 Å². The monoisotopic (exact) mass is 307 g/mol. The molecule has 0 radical (unpaired) electrons. The SMILES string of the molecule is CCN(Cc1nc(C(C)C)no1)C(=O)c1c[nH]c(=O)[nH]c1=O. The van der Waals surface area contributed by atoms with Gasteiger partial charge in [0.05, 0.1) is 0 Å². The van der Waals surface area contributed by atoms with Crippen LogP contribution in [-0.4, -0.2) is 37.5 Å². The molecule has 22 heavy (non-hydrogen) atoms. The van der Waals surface area contributed by atoms with Crippen LogP contribution in [0.5, 0.6) is 0 Å². The second-order valence-corrected chi connectivity index (χ2v) is 5.01. The third-order valence-corrected chi connectivity index (χ3v) is 3.04. The van der Waals surface area contributed by atoms with Gasteiger partial charge in [0, 0.05) is 18.7 Å². The lowest BCUT2D eigenvalue weighted by atomic mass is 10.2. The van der Waals surface area contributed by atoms with Crippen molar-refractivity contribution in [2.75, 3.05) is 6.54 Å². The van der Waals surface area contributed by atoms with Crippen LogP contribution in [-0.2, 0) is 6.54 Å². The van der Waals surface area contributed by atoms with Crippen molar-refractivity contribution in [1.82, 2.24) is 25.0 Å². The first-order chi connectivity index (χ1) is 10.4. The van der Waals surface area contributed by atoms with Crippen molar-refractivity contribution in [1.29, 1.82) is 0 Å². The van der Waals surface area contributed by atoms with E-state index in [2.05, 4.69) is 15.1 Å². The standard InChI is InChI=1S/C13H17N5O4/c1-4-18(6-9-15-10(7(2)3)17-22-9)12(20)8-5-14-13(21)16-11(8)19/h5,7H,4,6H2,1-3H3,(H2,14,16,19,21). The van der Waals surface area contributed by atoms with Gasteiger partial charge in [0.25, 0.3) is 11.5 Å². The Kier molecular flexibility index (Phi) is 4.54. The first-order valence-corrected chi connectivity index (χ1v) is 6.86. The van der Waals surface area contributed by atoms with E-state index in [1.807, 2.05) is 18.8 Å². The molecule has 2 rings (SSSR count). The summed E-state index contributed by atoms with van der Waals surface area (Å²) in [5.74, 6) is 0.440. The van der Waals surface area contributed by atoms with Crippen LogP contribution in [0.3, 0.4) is 0 Å². The molecule has 0 fully saturated rings. The highest BCUT2D eigenvalue weighted by atomic mass is 16.5. The zero-order valence-corrected chi connectivity index (χ0v) is 12.5. The summed E-state index contributed by atoms with van der Waals surface area (Å²) in [6.45, 7) is 6.05. The maximum atomic E-state index is 12.3. The quantitative estimate of drug-likeness (QED) is 0.814. The largest absolute Gasteiger partial charge is 0.337 e. The Balaban J connectivity index is 2.21. The van der Waals surface area contributed by atoms with Crippen molar-refractivity contribution in [2.24, 2.45) is 0 Å². The second-order valence-electron chi connectivity index (χ2n) is 5.01. The van der Waals surface area contributed by atoms with E-state index in [1.165, 1.54) is 4.90 Å². The van der Waals surface area contributed by atoms with Crippen molar-refractivity contribution < 1.29 is 9.32 Å². The highest BCUT2D eigenvalue weighted by molar-refractivity contribution is 5.93. The van der Waals surface area contributed by atoms with Gasteiger partial charge in [0.1, 0.15) is 12.1 Å². The van der Waals surface area contributed by atoms with Crippen LogP contribution in [0, 0.1) is 0 Å². The average Bonchev–Trinajstić information content (AvgIpc) is 2.93. The van der Waals surface area contributed by atoms with Crippen LogP contribution in [0.2, 0.25) is 0 Å². The Hall–Kier alpha value is -2.71. The Labute approximate surface area is 125 Å². The van der Waals surface area contributed by atoms with Crippen LogP contribution >= 0.6 is 0 Å². The molecule has 9 heteroatoms. The number of aromatic amines is 2. The lowest BCUT2D eigenvalue weighted by Crippen LogP contribution is -2.36. The summed E-state index contributed by atoms with van der Waals surface area (Å²) >= 11 is 0. The smallest absolute Gasteiger partial charge is 0.325 e. The minimum absolute atomic E-state index is 0.0909. The number of nitrogens with zero attached hydrogens (tertiary/aromatic N) is 3. The second kappa shape index (κ2) is 6.37. The highest BCUT2D eigenvalue weighted by Gasteiger charge is 2.21. The topological polar surface area (TPSA) is 125 Å². The summed E-state index contributed by atoms with van der Waals surface area (Å²) in [6, 6.07) is 0. The van der Waals surface area contributed by atoms with E-state index in [0.717, 1.165) is 6.20 Å². The summed E-state index contributed by atoms with van der Waals surface area (Å²) in [6.07, 6.45) is 1.10. The maximum absolute atomic E-state index is 12.3. The van der Waals surface area contributed by atoms with Gasteiger partial charge in [-0.2, -0.15) is 4.98 Å². The summed E-state index contributed by atoms with van der Waals surface area (Å²) in [5.41, 5.74) is -1.55. The Bertz CT molecular complexity index is 773. The molecule has 1 amide bonds. The van der Waals surface area contributed by atoms with Crippen molar-refractivity contribution >= 4 is 5.91 Å². The van der Waals surface area contributed by atoms with Crippen molar-refractivity contribution in [3.8, 4) is 0 Å². The van der Waals surface area contributed by atoms with Crippen LogP contribution in [0.25, 0.3) is 0 Å². The zero-order chi connectivity index (χ0) is 16.3. The number of amides is 1. The van der Waals surface area contributed by atoms with Crippen molar-refractivity contribution in [3.63, 3.8) is 0 Å². The molecule has 0 saturated carbocycles. The molecule has 0 unspecified atom stereocenters. The molecule has 9 nitrogen and oxygen atoms in total. The molecule has 0 bridgehead atoms. The molecule has 0 saturated heterocycles. The summed E-state index contributed by atoms with van der Waals surface area (Å²) < 4.78 is 5.09. The number of hydrogen-bond acceptors (Lipinski definition) is 6. The number of rotatable bonds is 5. The molecule has 2 N–H and O–H groups in total. The lowest BCUT2D eigenvalue weighted by molar-refractivity contribution is 0.0732. The molecule has 0 spiro atoms. The van der Waals surface area contributed by atoms with Crippen molar-refractivity contribution in [3.05, 3.63) is 44.3 Å². The Morgan fingerprint density at radius 2 is 2.14 bits per heavy atom. The normalized spacial score (nSPS) is 10.9. The van der Waals surface area contributed by atoms with Gasteiger partial charge < -0.3 is 14.4 Å². The van der Waals surface area contributed by atoms with Crippen LogP contribution in [0.4, 0.5) is 0 Å². The van der Waals surface area contributed by atoms with Gasteiger partial charge in [-0.3, -0.25) is 14.6 Å². The van der Waals surface area contributed by atoms with E-state index in [4.69, 9.17) is 4.52 Å². The predicted molar refractivity (Wildman–Crippen MR) is 76.5 cm³/mol. The van der Waals surface area contributed by atoms with Crippen LogP contribution in [0.1, 0.15) is 48.8 Å². The van der Waals surface area contributed by atoms with Gasteiger partial charge in [-0.05, 0) is 6.92 Å². The molecular weight excluding hydrogens is 290 g/mol. The maximum Gasteiger partial charge on any atom is 0.325 e. The molecule has 0 aliphatic carbocycles. The van der Waals surface area contributed by atoms with E-state index in [-0.39, 0.29) is 18.0 Å². The lowest BCUT2D eigenvalue weighted by Gasteiger charge is -2.17. The Morgan fingerprint density at radius 3 is 2.68 bits per heavy atom. The van der Waals surface area contributed by atoms with Crippen LogP contribution < -0.4 is 11.2 Å². The summed E-state index contributed by atoms with van der Waals surface area (Å²) in [5, 5.41) is 3.82. The molecule has 0 atom stereocenters. The highest BCUT2D eigenvalue weighted by Crippen LogP contribution is 2.11. The van der Waals surface area contributed by atoms with E-state index in [9.17, 15) is 14.4 Å². The molecule has 0 aromatic carbocycles. The predicted octanol–water partition coefficient (Wildman–Crippen LogP) is 0.232. The van der Waals surface area contributed by atoms with Gasteiger partial charge >= 0.3 is 5.69 Å². The number of H-pyrrole nitrogens is 2. The third kappa shape index (κ3) is 3.30. The third-order valence-electron chi connectivity index (χ3n) is 3.04. The number of nitrogens with one attached hydrogen (secondary N) is 2. The molecule has 2 aromatic heterocycles. The molecule has 2 heterocycles. The molecule has 0 aliphatic heterocycles. The fraction of sp³-hybridized carbons (Fsp3) is 0.462. The van der Waals surface area contributed by atoms with Gasteiger partial charge in [-0.1, -0.05) is 19.0 Å². The van der Waals surface area contributed by atoms with E-state index < -0.39 is 17.2 Å². The number of carbonyl (C=O) groups excluding carboxylic acids is 1. The van der Waals surface area contributed by atoms with Gasteiger partial charge in [0.15, 0.2) is 5.82 Å². The average molecular weight is 307 g/mol. The molecule has 118 valence electrons. The zero-order valence-electron chi connectivity index (χ0n) is 12.5. The molecule has 0 aliphatic rings. The van der Waals surface area contributed by atoms with Crippen LogP contribution in [0.15, 0.2) is 20.3 Å². The number of carbonyl (C=O) groups is 1. The minimum Gasteiger partial charge on any atom is -0.337 e. The van der Waals surface area contributed by atoms with E-state index >= 15 is 0 Å². The summed E-state index contributed by atoms with van der Waals surface area (Å²) in [7, 11) is 0. The first kappa shape index (κ1) is 15.7. The minimum atomic E-state index is -0.736. The van der Waals surface area contributed by atoms with E-state index in [0.29, 0.717) is 18.3 Å². The van der Waals surface area contributed by atoms with Gasteiger partial charge in [0.2, 0.25) is 5.89 Å². The van der Waals surface area contributed by atoms with Crippen molar-refractivity contribution in [2.45, 2.75) is 33.2 Å². The number of hydrogen-bond donors (Lipinski definition) is 2.